The zero-order valence-electron chi connectivity index (χ0n) is 18.0. The van der Waals surface area contributed by atoms with E-state index in [0.717, 1.165) is 23.3 Å². The van der Waals surface area contributed by atoms with Crippen molar-refractivity contribution in [3.05, 3.63) is 106 Å². The molecule has 5 rings (SSSR count). The Balaban J connectivity index is 1.80. The topological polar surface area (TPSA) is 48.0 Å². The Kier molecular flexibility index (Phi) is 5.52. The molecule has 1 heterocycles. The third kappa shape index (κ3) is 4.12. The maximum atomic E-state index is 13.7. The predicted molar refractivity (Wildman–Crippen MR) is 129 cm³/mol. The Bertz CT molecular complexity index is 1600. The van der Waals surface area contributed by atoms with E-state index in [4.69, 9.17) is 17.3 Å². The number of carbonyl (C=O) groups excluding carboxylic acids is 1. The van der Waals surface area contributed by atoms with Crippen molar-refractivity contribution in [3.63, 3.8) is 0 Å². The summed E-state index contributed by atoms with van der Waals surface area (Å²) in [6.07, 6.45) is -4.73. The molecule has 0 radical (unpaired) electrons. The Hall–Kier alpha value is -3.84. The average molecular weight is 497 g/mol. The molecule has 1 amide bonds. The molecule has 0 aliphatic carbocycles. The fraction of sp³-hybridized carbons (Fsp3) is 0.0741. The zero-order valence-corrected chi connectivity index (χ0v) is 18.8. The van der Waals surface area contributed by atoms with Crippen molar-refractivity contribution in [2.75, 3.05) is 0 Å². The Morgan fingerprint density at radius 2 is 1.60 bits per heavy atom. The molecule has 8 heteroatoms. The van der Waals surface area contributed by atoms with Gasteiger partial charge in [0.2, 0.25) is 5.91 Å². The number of nitrogens with zero attached hydrogens (tertiary/aromatic N) is 1. The first kappa shape index (κ1) is 22.9. The lowest BCUT2D eigenvalue weighted by Gasteiger charge is -2.15. The number of fused-ring (bicyclic) bond motifs is 3. The van der Waals surface area contributed by atoms with Gasteiger partial charge in [-0.2, -0.15) is 13.2 Å². The smallest absolute Gasteiger partial charge is 0.366 e. The summed E-state index contributed by atoms with van der Waals surface area (Å²) in [6, 6.07) is 20.3. The van der Waals surface area contributed by atoms with Gasteiger partial charge in [0.1, 0.15) is 5.82 Å². The van der Waals surface area contributed by atoms with E-state index < -0.39 is 23.5 Å². The van der Waals surface area contributed by atoms with Gasteiger partial charge in [-0.05, 0) is 59.2 Å². The van der Waals surface area contributed by atoms with E-state index in [1.807, 2.05) is 30.3 Å². The van der Waals surface area contributed by atoms with Gasteiger partial charge in [0.25, 0.3) is 0 Å². The van der Waals surface area contributed by atoms with Gasteiger partial charge < -0.3 is 10.3 Å². The monoisotopic (exact) mass is 496 g/mol. The number of amides is 1. The fourth-order valence-corrected chi connectivity index (χ4v) is 4.59. The first-order valence-electron chi connectivity index (χ1n) is 10.6. The van der Waals surface area contributed by atoms with Gasteiger partial charge >= 0.3 is 6.18 Å². The molecule has 1 aromatic heterocycles. The van der Waals surface area contributed by atoms with Gasteiger partial charge in [0.15, 0.2) is 0 Å². The number of alkyl halides is 3. The predicted octanol–water partition coefficient (Wildman–Crippen LogP) is 7.42. The first-order chi connectivity index (χ1) is 16.6. The minimum Gasteiger partial charge on any atom is -0.366 e. The molecule has 0 unspecified atom stereocenters. The van der Waals surface area contributed by atoms with Crippen molar-refractivity contribution in [2.45, 2.75) is 12.7 Å². The molecule has 0 saturated carbocycles. The van der Waals surface area contributed by atoms with Crippen molar-refractivity contribution < 1.29 is 22.4 Å². The molecular weight excluding hydrogens is 480 g/mol. The number of primary amides is 1. The number of carbonyl (C=O) groups is 1. The molecule has 0 spiro atoms. The van der Waals surface area contributed by atoms with Gasteiger partial charge in [-0.15, -0.1) is 0 Å². The van der Waals surface area contributed by atoms with Gasteiger partial charge in [0, 0.05) is 27.9 Å². The summed E-state index contributed by atoms with van der Waals surface area (Å²) in [6.45, 7) is -0.193. The van der Waals surface area contributed by atoms with Crippen LogP contribution >= 0.6 is 11.6 Å². The number of benzene rings is 4. The summed E-state index contributed by atoms with van der Waals surface area (Å²) in [4.78, 5) is 12.2. The van der Waals surface area contributed by atoms with Gasteiger partial charge in [-0.1, -0.05) is 48.0 Å². The number of nitrogens with two attached hydrogens (primary N) is 1. The molecule has 4 aromatic carbocycles. The second kappa shape index (κ2) is 8.43. The summed E-state index contributed by atoms with van der Waals surface area (Å²) >= 11 is 6.01. The summed E-state index contributed by atoms with van der Waals surface area (Å²) < 4.78 is 56.6. The second-order valence-electron chi connectivity index (χ2n) is 8.19. The molecule has 3 nitrogen and oxygen atoms in total. The van der Waals surface area contributed by atoms with E-state index in [-0.39, 0.29) is 17.7 Å². The van der Waals surface area contributed by atoms with Crippen LogP contribution in [-0.2, 0) is 12.7 Å². The van der Waals surface area contributed by atoms with Crippen LogP contribution in [0.2, 0.25) is 5.02 Å². The van der Waals surface area contributed by atoms with E-state index in [1.165, 1.54) is 0 Å². The molecule has 0 fully saturated rings. The van der Waals surface area contributed by atoms with E-state index in [0.29, 0.717) is 32.9 Å². The molecule has 2 N–H and O–H groups in total. The highest BCUT2D eigenvalue weighted by Gasteiger charge is 2.34. The number of hydrogen-bond acceptors (Lipinski definition) is 1. The molecule has 5 aromatic rings. The molecule has 176 valence electrons. The molecule has 35 heavy (non-hydrogen) atoms. The van der Waals surface area contributed by atoms with Crippen LogP contribution in [0, 0.1) is 5.82 Å². The maximum Gasteiger partial charge on any atom is 0.416 e. The Labute approximate surface area is 202 Å². The maximum absolute atomic E-state index is 13.7. The standard InChI is InChI=1S/C27H17ClF4N2O/c28-18-8-4-15(5-9-18)16-7-11-20-24(12-16)34(23-3-1-2-21(25(20)23)26(33)35)14-17-6-10-19(29)13-22(17)27(30,31)32/h1-13H,14H2,(H2,33,35). The third-order valence-electron chi connectivity index (χ3n) is 6.04. The number of aromatic nitrogens is 1. The van der Waals surface area contributed by atoms with Crippen LogP contribution in [-0.4, -0.2) is 10.5 Å². The van der Waals surface area contributed by atoms with Crippen molar-refractivity contribution >= 4 is 39.3 Å². The summed E-state index contributed by atoms with van der Waals surface area (Å²) in [7, 11) is 0. The lowest BCUT2D eigenvalue weighted by Crippen LogP contribution is -2.13. The van der Waals surface area contributed by atoms with Crippen LogP contribution in [0.5, 0.6) is 0 Å². The van der Waals surface area contributed by atoms with Crippen molar-refractivity contribution in [2.24, 2.45) is 5.73 Å². The molecule has 0 atom stereocenters. The molecular formula is C27H17ClF4N2O. The van der Waals surface area contributed by atoms with Crippen LogP contribution in [0.4, 0.5) is 17.6 Å². The summed E-state index contributed by atoms with van der Waals surface area (Å²) in [5, 5.41) is 1.79. The third-order valence-corrected chi connectivity index (χ3v) is 6.29. The zero-order chi connectivity index (χ0) is 24.9. The van der Waals surface area contributed by atoms with Crippen LogP contribution < -0.4 is 5.73 Å². The second-order valence-corrected chi connectivity index (χ2v) is 8.62. The van der Waals surface area contributed by atoms with Crippen LogP contribution in [0.15, 0.2) is 78.9 Å². The molecule has 0 aliphatic rings. The fourth-order valence-electron chi connectivity index (χ4n) is 4.46. The summed E-state index contributed by atoms with van der Waals surface area (Å²) in [5.74, 6) is -1.61. The van der Waals surface area contributed by atoms with Crippen LogP contribution in [0.3, 0.4) is 0 Å². The molecule has 0 saturated heterocycles. The van der Waals surface area contributed by atoms with E-state index >= 15 is 0 Å². The van der Waals surface area contributed by atoms with Crippen LogP contribution in [0.25, 0.3) is 32.9 Å². The first-order valence-corrected chi connectivity index (χ1v) is 11.0. The van der Waals surface area contributed by atoms with E-state index in [1.54, 1.807) is 34.9 Å². The van der Waals surface area contributed by atoms with E-state index in [9.17, 15) is 22.4 Å². The Morgan fingerprint density at radius 1 is 0.886 bits per heavy atom. The van der Waals surface area contributed by atoms with Gasteiger partial charge in [-0.3, -0.25) is 4.79 Å². The van der Waals surface area contributed by atoms with Crippen molar-refractivity contribution in [3.8, 4) is 11.1 Å². The lowest BCUT2D eigenvalue weighted by molar-refractivity contribution is -0.138. The highest BCUT2D eigenvalue weighted by Crippen LogP contribution is 2.37. The quantitative estimate of drug-likeness (QED) is 0.259. The van der Waals surface area contributed by atoms with Crippen molar-refractivity contribution in [1.29, 1.82) is 0 Å². The minimum absolute atomic E-state index is 0.0981. The number of hydrogen-bond donors (Lipinski definition) is 1. The van der Waals surface area contributed by atoms with E-state index in [2.05, 4.69) is 0 Å². The lowest BCUT2D eigenvalue weighted by atomic mass is 10.0. The highest BCUT2D eigenvalue weighted by atomic mass is 35.5. The minimum atomic E-state index is -4.73. The average Bonchev–Trinajstić information content (AvgIpc) is 3.13. The molecule has 0 bridgehead atoms. The SMILES string of the molecule is NC(=O)c1cccc2c1c1ccc(-c3ccc(Cl)cc3)cc1n2Cc1ccc(F)cc1C(F)(F)F. The molecule has 0 aliphatic heterocycles. The Morgan fingerprint density at radius 3 is 2.29 bits per heavy atom. The summed E-state index contributed by atoms with van der Waals surface area (Å²) in [5.41, 5.74) is 7.56. The van der Waals surface area contributed by atoms with Crippen LogP contribution in [0.1, 0.15) is 21.5 Å². The number of halogens is 5. The highest BCUT2D eigenvalue weighted by molar-refractivity contribution is 6.30. The van der Waals surface area contributed by atoms with Gasteiger partial charge in [0.05, 0.1) is 16.6 Å². The van der Waals surface area contributed by atoms with Gasteiger partial charge in [-0.25, -0.2) is 4.39 Å². The number of rotatable bonds is 4. The van der Waals surface area contributed by atoms with Crippen molar-refractivity contribution in [1.82, 2.24) is 4.57 Å². The largest absolute Gasteiger partial charge is 0.416 e. The normalized spacial score (nSPS) is 11.9.